The molecule has 19 heavy (non-hydrogen) atoms. The predicted molar refractivity (Wildman–Crippen MR) is 72.6 cm³/mol. The number of sulfonamides is 1. The predicted octanol–water partition coefficient (Wildman–Crippen LogP) is 0.392. The van der Waals surface area contributed by atoms with Gasteiger partial charge in [-0.05, 0) is 19.3 Å². The number of hydrogen-bond acceptors (Lipinski definition) is 5. The lowest BCUT2D eigenvalue weighted by Gasteiger charge is -2.36. The van der Waals surface area contributed by atoms with Crippen LogP contribution in [0.2, 0.25) is 0 Å². The lowest BCUT2D eigenvalue weighted by atomic mass is 9.82. The van der Waals surface area contributed by atoms with Crippen LogP contribution in [0.4, 0.5) is 0 Å². The fourth-order valence-electron chi connectivity index (χ4n) is 2.40. The second-order valence-electron chi connectivity index (χ2n) is 4.90. The van der Waals surface area contributed by atoms with Gasteiger partial charge in [-0.1, -0.05) is 24.4 Å². The number of nitrogens with two attached hydrogens (primary N) is 1. The van der Waals surface area contributed by atoms with Crippen LogP contribution in [0.3, 0.4) is 0 Å². The zero-order chi connectivity index (χ0) is 14.4. The van der Waals surface area contributed by atoms with E-state index in [1.165, 1.54) is 7.11 Å². The Labute approximate surface area is 114 Å². The number of rotatable bonds is 7. The average Bonchev–Trinajstić information content (AvgIpc) is 2.38. The molecule has 112 valence electrons. The minimum Gasteiger partial charge on any atom is -0.409 e. The first-order valence-corrected chi connectivity index (χ1v) is 8.09. The first-order chi connectivity index (χ1) is 8.96. The van der Waals surface area contributed by atoms with E-state index >= 15 is 0 Å². The van der Waals surface area contributed by atoms with Gasteiger partial charge in [-0.15, -0.1) is 0 Å². The van der Waals surface area contributed by atoms with Crippen LogP contribution >= 0.6 is 0 Å². The number of hydrogen-bond donors (Lipinski definition) is 3. The number of nitrogens with one attached hydrogen (secondary N) is 1. The maximum absolute atomic E-state index is 12.0. The van der Waals surface area contributed by atoms with Crippen molar-refractivity contribution in [2.24, 2.45) is 10.9 Å². The van der Waals surface area contributed by atoms with Gasteiger partial charge in [0.2, 0.25) is 10.0 Å². The third-order valence-electron chi connectivity index (χ3n) is 3.42. The molecule has 1 saturated carbocycles. The quantitative estimate of drug-likeness (QED) is 0.206. The molecule has 1 fully saturated rings. The molecule has 0 atom stereocenters. The topological polar surface area (TPSA) is 114 Å². The van der Waals surface area contributed by atoms with Crippen LogP contribution in [0.15, 0.2) is 5.16 Å². The maximum atomic E-state index is 12.0. The van der Waals surface area contributed by atoms with Crippen molar-refractivity contribution in [1.29, 1.82) is 0 Å². The molecule has 0 amide bonds. The Morgan fingerprint density at radius 3 is 2.58 bits per heavy atom. The lowest BCUT2D eigenvalue weighted by molar-refractivity contribution is 0.199. The smallest absolute Gasteiger partial charge is 0.212 e. The van der Waals surface area contributed by atoms with E-state index in [9.17, 15) is 8.42 Å². The van der Waals surface area contributed by atoms with E-state index in [-0.39, 0.29) is 11.6 Å². The maximum Gasteiger partial charge on any atom is 0.212 e. The largest absolute Gasteiger partial charge is 0.409 e. The molecule has 1 aliphatic rings. The van der Waals surface area contributed by atoms with Crippen molar-refractivity contribution in [1.82, 2.24) is 4.72 Å². The van der Waals surface area contributed by atoms with E-state index in [1.807, 2.05) is 0 Å². The van der Waals surface area contributed by atoms with Crippen molar-refractivity contribution >= 4 is 15.9 Å². The highest BCUT2D eigenvalue weighted by Gasteiger charge is 2.39. The Bertz CT molecular complexity index is 402. The average molecular weight is 293 g/mol. The zero-order valence-corrected chi connectivity index (χ0v) is 12.1. The van der Waals surface area contributed by atoms with Crippen LogP contribution in [0.25, 0.3) is 0 Å². The molecule has 0 aromatic carbocycles. The summed E-state index contributed by atoms with van der Waals surface area (Å²) in [4.78, 5) is 0. The molecule has 7 nitrogen and oxygen atoms in total. The highest BCUT2D eigenvalue weighted by Crippen LogP contribution is 2.29. The number of methoxy groups -OCH3 is 1. The molecule has 0 radical (unpaired) electrons. The Kier molecular flexibility index (Phi) is 6.02. The van der Waals surface area contributed by atoms with E-state index in [0.29, 0.717) is 25.9 Å². The minimum atomic E-state index is -3.47. The number of amidine groups is 1. The third-order valence-corrected chi connectivity index (χ3v) is 4.95. The van der Waals surface area contributed by atoms with Gasteiger partial charge in [0.15, 0.2) is 5.84 Å². The molecule has 1 rings (SSSR count). The zero-order valence-electron chi connectivity index (χ0n) is 11.3. The van der Waals surface area contributed by atoms with Crippen LogP contribution in [0.5, 0.6) is 0 Å². The summed E-state index contributed by atoms with van der Waals surface area (Å²) in [6.45, 7) is 0.386. The van der Waals surface area contributed by atoms with E-state index in [2.05, 4.69) is 9.88 Å². The molecule has 0 spiro atoms. The van der Waals surface area contributed by atoms with Gasteiger partial charge in [0.1, 0.15) is 0 Å². The van der Waals surface area contributed by atoms with Gasteiger partial charge in [0.05, 0.1) is 11.3 Å². The summed E-state index contributed by atoms with van der Waals surface area (Å²) in [5.41, 5.74) is 4.76. The van der Waals surface area contributed by atoms with Gasteiger partial charge in [0.25, 0.3) is 0 Å². The van der Waals surface area contributed by atoms with E-state index in [4.69, 9.17) is 15.7 Å². The van der Waals surface area contributed by atoms with Gasteiger partial charge in [-0.3, -0.25) is 0 Å². The number of nitrogens with zero attached hydrogens (tertiary/aromatic N) is 1. The summed E-state index contributed by atoms with van der Waals surface area (Å²) in [6, 6.07) is 0. The van der Waals surface area contributed by atoms with E-state index in [0.717, 1.165) is 19.3 Å². The van der Waals surface area contributed by atoms with Crippen LogP contribution in [0.1, 0.15) is 38.5 Å². The molecular weight excluding hydrogens is 270 g/mol. The Morgan fingerprint density at radius 2 is 2.05 bits per heavy atom. The molecule has 4 N–H and O–H groups in total. The summed E-state index contributed by atoms with van der Waals surface area (Å²) in [5, 5.41) is 11.9. The molecule has 0 aromatic heterocycles. The lowest BCUT2D eigenvalue weighted by Crippen LogP contribution is -2.58. The summed E-state index contributed by atoms with van der Waals surface area (Å²) >= 11 is 0. The van der Waals surface area contributed by atoms with Crippen LogP contribution in [-0.4, -0.2) is 44.5 Å². The van der Waals surface area contributed by atoms with Gasteiger partial charge in [0, 0.05) is 13.7 Å². The molecule has 0 saturated heterocycles. The summed E-state index contributed by atoms with van der Waals surface area (Å²) in [7, 11) is -1.94. The van der Waals surface area contributed by atoms with Crippen molar-refractivity contribution < 1.29 is 18.4 Å². The van der Waals surface area contributed by atoms with Crippen molar-refractivity contribution in [3.8, 4) is 0 Å². The molecule has 8 heteroatoms. The van der Waals surface area contributed by atoms with Crippen molar-refractivity contribution in [3.63, 3.8) is 0 Å². The minimum absolute atomic E-state index is 0.0265. The number of ether oxygens (including phenoxy) is 1. The van der Waals surface area contributed by atoms with Crippen LogP contribution < -0.4 is 10.5 Å². The Balaban J connectivity index is 2.77. The molecule has 0 aromatic rings. The van der Waals surface area contributed by atoms with Crippen molar-refractivity contribution in [2.45, 2.75) is 44.1 Å². The van der Waals surface area contributed by atoms with E-state index < -0.39 is 15.6 Å². The normalized spacial score (nSPS) is 20.4. The highest BCUT2D eigenvalue weighted by molar-refractivity contribution is 7.89. The first-order valence-electron chi connectivity index (χ1n) is 6.44. The molecule has 1 aliphatic carbocycles. The summed E-state index contributed by atoms with van der Waals surface area (Å²) in [5.74, 6) is -0.0797. The first kappa shape index (κ1) is 16.2. The van der Waals surface area contributed by atoms with Gasteiger partial charge < -0.3 is 15.7 Å². The van der Waals surface area contributed by atoms with Crippen LogP contribution in [-0.2, 0) is 14.8 Å². The third kappa shape index (κ3) is 4.63. The van der Waals surface area contributed by atoms with Crippen molar-refractivity contribution in [3.05, 3.63) is 0 Å². The van der Waals surface area contributed by atoms with Crippen molar-refractivity contribution in [2.75, 3.05) is 19.5 Å². The van der Waals surface area contributed by atoms with Gasteiger partial charge in [-0.25, -0.2) is 13.1 Å². The Morgan fingerprint density at radius 1 is 1.42 bits per heavy atom. The monoisotopic (exact) mass is 293 g/mol. The highest BCUT2D eigenvalue weighted by atomic mass is 32.2. The van der Waals surface area contributed by atoms with Gasteiger partial charge >= 0.3 is 0 Å². The molecular formula is C11H23N3O4S. The molecule has 0 aliphatic heterocycles. The summed E-state index contributed by atoms with van der Waals surface area (Å²) in [6.07, 6.45) is 4.29. The van der Waals surface area contributed by atoms with Crippen LogP contribution in [0, 0.1) is 0 Å². The fraction of sp³-hybridized carbons (Fsp3) is 0.909. The number of oxime groups is 1. The van der Waals surface area contributed by atoms with E-state index in [1.54, 1.807) is 0 Å². The second-order valence-corrected chi connectivity index (χ2v) is 6.74. The fourth-order valence-corrected chi connectivity index (χ4v) is 3.91. The standard InChI is InChI=1S/C11H23N3O4S/c1-18-8-5-9-19(16,17)14-11(10(12)13-15)6-3-2-4-7-11/h14-15H,2-9H2,1H3,(H2,12,13). The second kappa shape index (κ2) is 7.06. The summed E-state index contributed by atoms with van der Waals surface area (Å²) < 4.78 is 31.5. The Hall–Kier alpha value is -0.860. The molecule has 0 heterocycles. The SMILES string of the molecule is COCCCS(=O)(=O)NC1(C(N)=NO)CCCCC1. The van der Waals surface area contributed by atoms with Gasteiger partial charge in [-0.2, -0.15) is 0 Å². The molecule has 0 bridgehead atoms. The molecule has 0 unspecified atom stereocenters.